The first-order valence-electron chi connectivity index (χ1n) is 11.1. The minimum Gasteiger partial charge on any atom is -0.497 e. The van der Waals surface area contributed by atoms with Crippen molar-refractivity contribution in [3.63, 3.8) is 0 Å². The maximum absolute atomic E-state index is 12.2. The fourth-order valence-corrected chi connectivity index (χ4v) is 3.15. The van der Waals surface area contributed by atoms with E-state index in [2.05, 4.69) is 21.2 Å². The molecule has 0 aromatic heterocycles. The molecule has 3 aromatic carbocycles. The van der Waals surface area contributed by atoms with Crippen molar-refractivity contribution in [3.8, 4) is 17.2 Å². The van der Waals surface area contributed by atoms with Crippen molar-refractivity contribution in [1.82, 2.24) is 5.43 Å². The molecule has 3 rings (SSSR count). The topological polar surface area (TPSA) is 127 Å². The third kappa shape index (κ3) is 8.25. The van der Waals surface area contributed by atoms with Crippen molar-refractivity contribution in [2.24, 2.45) is 5.10 Å². The van der Waals surface area contributed by atoms with Gasteiger partial charge in [-0.05, 0) is 67.1 Å². The lowest BCUT2D eigenvalue weighted by molar-refractivity contribution is -0.136. The summed E-state index contributed by atoms with van der Waals surface area (Å²) < 4.78 is 16.3. The molecular weight excluding hydrogens is 500 g/mol. The number of methoxy groups -OCH3 is 1. The van der Waals surface area contributed by atoms with Crippen LogP contribution in [0.4, 0.5) is 11.4 Å². The van der Waals surface area contributed by atoms with Crippen LogP contribution in [0.1, 0.15) is 12.5 Å². The highest BCUT2D eigenvalue weighted by atomic mass is 35.5. The minimum absolute atomic E-state index is 0.266. The first-order valence-corrected chi connectivity index (χ1v) is 11.5. The van der Waals surface area contributed by atoms with Gasteiger partial charge in [-0.25, -0.2) is 5.43 Å². The average molecular weight is 525 g/mol. The van der Waals surface area contributed by atoms with E-state index in [1.807, 2.05) is 0 Å². The van der Waals surface area contributed by atoms with Crippen LogP contribution in [0, 0.1) is 0 Å². The number of benzene rings is 3. The Morgan fingerprint density at radius 1 is 0.919 bits per heavy atom. The van der Waals surface area contributed by atoms with Crippen molar-refractivity contribution in [2.45, 2.75) is 6.92 Å². The lowest BCUT2D eigenvalue weighted by Gasteiger charge is -2.13. The molecule has 3 aromatic rings. The summed E-state index contributed by atoms with van der Waals surface area (Å²) in [6, 6.07) is 18.3. The smallest absolute Gasteiger partial charge is 0.329 e. The number of ether oxygens (including phenoxy) is 3. The molecule has 37 heavy (non-hydrogen) atoms. The van der Waals surface area contributed by atoms with Crippen molar-refractivity contribution < 1.29 is 28.6 Å². The predicted octanol–water partition coefficient (Wildman–Crippen LogP) is 3.85. The van der Waals surface area contributed by atoms with Gasteiger partial charge in [0.05, 0.1) is 30.6 Å². The van der Waals surface area contributed by atoms with Gasteiger partial charge in [-0.15, -0.1) is 0 Å². The zero-order valence-electron chi connectivity index (χ0n) is 20.1. The molecule has 0 aliphatic heterocycles. The number of carbonyl (C=O) groups is 3. The number of anilines is 2. The number of nitrogens with one attached hydrogen (secondary N) is 3. The lowest BCUT2D eigenvalue weighted by atomic mass is 10.2. The van der Waals surface area contributed by atoms with E-state index in [9.17, 15) is 14.4 Å². The summed E-state index contributed by atoms with van der Waals surface area (Å²) in [5.41, 5.74) is 3.64. The molecule has 0 bridgehead atoms. The summed E-state index contributed by atoms with van der Waals surface area (Å²) in [5, 5.41) is 9.36. The van der Waals surface area contributed by atoms with Gasteiger partial charge in [0.15, 0.2) is 18.1 Å². The van der Waals surface area contributed by atoms with Crippen LogP contribution in [0.2, 0.25) is 5.02 Å². The molecule has 11 heteroatoms. The Morgan fingerprint density at radius 3 is 2.38 bits per heavy atom. The second-order valence-electron chi connectivity index (χ2n) is 7.34. The number of nitrogens with zero attached hydrogens (tertiary/aromatic N) is 1. The van der Waals surface area contributed by atoms with Crippen LogP contribution >= 0.6 is 11.6 Å². The molecule has 0 radical (unpaired) electrons. The number of carbonyl (C=O) groups excluding carboxylic acids is 3. The Labute approximate surface area is 218 Å². The number of hydrazone groups is 1. The third-order valence-electron chi connectivity index (χ3n) is 4.71. The van der Waals surface area contributed by atoms with Crippen LogP contribution in [-0.2, 0) is 14.4 Å². The number of rotatable bonds is 10. The number of amides is 3. The van der Waals surface area contributed by atoms with E-state index >= 15 is 0 Å². The van der Waals surface area contributed by atoms with Gasteiger partial charge in [0.1, 0.15) is 5.75 Å². The molecule has 0 aliphatic rings. The Hall–Kier alpha value is -4.57. The summed E-state index contributed by atoms with van der Waals surface area (Å²) in [7, 11) is 1.53. The van der Waals surface area contributed by atoms with Crippen molar-refractivity contribution >= 4 is 46.9 Å². The minimum atomic E-state index is -0.943. The molecule has 0 fully saturated rings. The molecule has 0 spiro atoms. The Kier molecular flexibility index (Phi) is 9.86. The van der Waals surface area contributed by atoms with Crippen LogP contribution in [0.5, 0.6) is 17.2 Å². The molecule has 3 N–H and O–H groups in total. The maximum Gasteiger partial charge on any atom is 0.329 e. The van der Waals surface area contributed by atoms with Crippen LogP contribution in [0.15, 0.2) is 71.8 Å². The maximum atomic E-state index is 12.2. The van der Waals surface area contributed by atoms with Gasteiger partial charge in [0.2, 0.25) is 0 Å². The van der Waals surface area contributed by atoms with Gasteiger partial charge < -0.3 is 24.8 Å². The summed E-state index contributed by atoms with van der Waals surface area (Å²) in [5.74, 6) is -0.874. The molecule has 10 nitrogen and oxygen atoms in total. The Morgan fingerprint density at radius 2 is 1.68 bits per heavy atom. The van der Waals surface area contributed by atoms with E-state index in [4.69, 9.17) is 25.8 Å². The first-order chi connectivity index (χ1) is 17.9. The summed E-state index contributed by atoms with van der Waals surface area (Å²) in [6.07, 6.45) is 1.34. The van der Waals surface area contributed by atoms with Gasteiger partial charge in [0, 0.05) is 5.69 Å². The van der Waals surface area contributed by atoms with Gasteiger partial charge >= 0.3 is 11.8 Å². The molecule has 0 aliphatic carbocycles. The zero-order valence-corrected chi connectivity index (χ0v) is 20.9. The standard InChI is InChI=1S/C26H25ClN4O6/c1-3-36-23-14-17(8-13-22(23)37-16-24(32)30-21-7-5-4-6-20(21)27)15-28-31-26(34)25(33)29-18-9-11-19(35-2)12-10-18/h4-15H,3,16H2,1-2H3,(H,29,33)(H,30,32)(H,31,34)/b28-15-. The number of halogens is 1. The number of hydrogen-bond donors (Lipinski definition) is 3. The quantitative estimate of drug-likeness (QED) is 0.210. The Bertz CT molecular complexity index is 1280. The van der Waals surface area contributed by atoms with Crippen molar-refractivity contribution in [1.29, 1.82) is 0 Å². The molecule has 0 unspecified atom stereocenters. The summed E-state index contributed by atoms with van der Waals surface area (Å²) in [4.78, 5) is 36.3. The summed E-state index contributed by atoms with van der Waals surface area (Å²) in [6.45, 7) is 1.89. The van der Waals surface area contributed by atoms with E-state index in [1.54, 1.807) is 73.7 Å². The molecule has 0 saturated heterocycles. The van der Waals surface area contributed by atoms with Crippen LogP contribution in [0.25, 0.3) is 0 Å². The van der Waals surface area contributed by atoms with E-state index in [0.29, 0.717) is 45.8 Å². The molecule has 192 valence electrons. The highest BCUT2D eigenvalue weighted by Gasteiger charge is 2.13. The second kappa shape index (κ2) is 13.5. The SMILES string of the molecule is CCOc1cc(/C=N\NC(=O)C(=O)Nc2ccc(OC)cc2)ccc1OCC(=O)Nc1ccccc1Cl. The van der Waals surface area contributed by atoms with Crippen LogP contribution in [0.3, 0.4) is 0 Å². The molecule has 0 saturated carbocycles. The van der Waals surface area contributed by atoms with Gasteiger partial charge in [-0.2, -0.15) is 5.10 Å². The van der Waals surface area contributed by atoms with Gasteiger partial charge in [0.25, 0.3) is 5.91 Å². The molecular formula is C26H25ClN4O6. The average Bonchev–Trinajstić information content (AvgIpc) is 2.90. The van der Waals surface area contributed by atoms with Gasteiger partial charge in [-0.1, -0.05) is 23.7 Å². The number of para-hydroxylation sites is 1. The van der Waals surface area contributed by atoms with E-state index < -0.39 is 17.7 Å². The molecule has 0 heterocycles. The van der Waals surface area contributed by atoms with E-state index in [-0.39, 0.29) is 6.61 Å². The monoisotopic (exact) mass is 524 g/mol. The number of hydrogen-bond acceptors (Lipinski definition) is 7. The Balaban J connectivity index is 1.55. The highest BCUT2D eigenvalue weighted by molar-refractivity contribution is 6.39. The predicted molar refractivity (Wildman–Crippen MR) is 141 cm³/mol. The van der Waals surface area contributed by atoms with E-state index in [1.165, 1.54) is 13.3 Å². The summed E-state index contributed by atoms with van der Waals surface area (Å²) >= 11 is 6.05. The van der Waals surface area contributed by atoms with Crippen LogP contribution in [-0.4, -0.2) is 44.3 Å². The molecule has 3 amide bonds. The second-order valence-corrected chi connectivity index (χ2v) is 7.74. The first kappa shape index (κ1) is 27.0. The largest absolute Gasteiger partial charge is 0.497 e. The lowest BCUT2D eigenvalue weighted by Crippen LogP contribution is -2.32. The normalized spacial score (nSPS) is 10.5. The van der Waals surface area contributed by atoms with Gasteiger partial charge in [-0.3, -0.25) is 14.4 Å². The zero-order chi connectivity index (χ0) is 26.6. The van der Waals surface area contributed by atoms with Crippen molar-refractivity contribution in [2.75, 3.05) is 31.0 Å². The fourth-order valence-electron chi connectivity index (χ4n) is 2.96. The van der Waals surface area contributed by atoms with Crippen molar-refractivity contribution in [3.05, 3.63) is 77.3 Å². The van der Waals surface area contributed by atoms with Crippen LogP contribution < -0.4 is 30.3 Å². The third-order valence-corrected chi connectivity index (χ3v) is 5.04. The molecule has 0 atom stereocenters. The fraction of sp³-hybridized carbons (Fsp3) is 0.154. The highest BCUT2D eigenvalue weighted by Crippen LogP contribution is 2.28. The van der Waals surface area contributed by atoms with E-state index in [0.717, 1.165) is 0 Å².